The molecule has 0 saturated heterocycles. The van der Waals surface area contributed by atoms with Crippen LogP contribution in [0.3, 0.4) is 0 Å². The second-order valence-electron chi connectivity index (χ2n) is 4.12. The van der Waals surface area contributed by atoms with E-state index in [2.05, 4.69) is 21.0 Å². The van der Waals surface area contributed by atoms with Gasteiger partial charge in [-0.2, -0.15) is 5.10 Å². The molecule has 0 amide bonds. The van der Waals surface area contributed by atoms with Crippen LogP contribution in [0, 0.1) is 0 Å². The summed E-state index contributed by atoms with van der Waals surface area (Å²) >= 11 is 9.59. The summed E-state index contributed by atoms with van der Waals surface area (Å²) in [6.45, 7) is 1.20. The molecule has 0 aliphatic heterocycles. The van der Waals surface area contributed by atoms with E-state index in [0.717, 1.165) is 15.7 Å². The highest BCUT2D eigenvalue weighted by Gasteiger charge is 2.18. The Hall–Kier alpha value is -0.880. The normalized spacial score (nSPS) is 12.6. The number of nitrogens with two attached hydrogens (primary N) is 1. The van der Waals surface area contributed by atoms with Gasteiger partial charge in [-0.25, -0.2) is 0 Å². The second-order valence-corrected chi connectivity index (χ2v) is 5.45. The number of benzene rings is 1. The summed E-state index contributed by atoms with van der Waals surface area (Å²) in [7, 11) is 1.65. The third-order valence-electron chi connectivity index (χ3n) is 2.86. The predicted molar refractivity (Wildman–Crippen MR) is 79.3 cm³/mol. The van der Waals surface area contributed by atoms with Crippen molar-refractivity contribution in [3.8, 4) is 0 Å². The van der Waals surface area contributed by atoms with Crippen LogP contribution in [0.4, 0.5) is 0 Å². The van der Waals surface area contributed by atoms with Crippen molar-refractivity contribution in [2.75, 3.05) is 13.7 Å². The molecular formula is C13H15BrClN3O. The number of rotatable bonds is 5. The lowest BCUT2D eigenvalue weighted by Crippen LogP contribution is -2.19. The zero-order valence-electron chi connectivity index (χ0n) is 10.5. The molecule has 0 fully saturated rings. The van der Waals surface area contributed by atoms with Crippen molar-refractivity contribution in [3.63, 3.8) is 0 Å². The molecule has 0 spiro atoms. The summed E-state index contributed by atoms with van der Waals surface area (Å²) in [4.78, 5) is 0. The van der Waals surface area contributed by atoms with Gasteiger partial charge in [-0.1, -0.05) is 39.7 Å². The highest BCUT2D eigenvalue weighted by atomic mass is 79.9. The molecular weight excluding hydrogens is 330 g/mol. The van der Waals surface area contributed by atoms with Crippen molar-refractivity contribution in [3.05, 3.63) is 51.2 Å². The Kier molecular flexibility index (Phi) is 4.99. The third-order valence-corrected chi connectivity index (χ3v) is 3.68. The van der Waals surface area contributed by atoms with Crippen LogP contribution < -0.4 is 5.73 Å². The summed E-state index contributed by atoms with van der Waals surface area (Å²) in [5.41, 5.74) is 8.08. The van der Waals surface area contributed by atoms with E-state index in [0.29, 0.717) is 18.2 Å². The lowest BCUT2D eigenvalue weighted by atomic mass is 10.0. The van der Waals surface area contributed by atoms with Crippen molar-refractivity contribution < 1.29 is 4.74 Å². The Morgan fingerprint density at radius 2 is 2.11 bits per heavy atom. The average molecular weight is 345 g/mol. The Balaban J connectivity index is 2.29. The number of halogens is 2. The number of hydrogen-bond donors (Lipinski definition) is 1. The minimum absolute atomic E-state index is 0.306. The summed E-state index contributed by atoms with van der Waals surface area (Å²) in [6, 6.07) is 7.55. The van der Waals surface area contributed by atoms with Crippen LogP contribution in [0.5, 0.6) is 0 Å². The van der Waals surface area contributed by atoms with Gasteiger partial charge in [-0.05, 0) is 17.7 Å². The first-order valence-electron chi connectivity index (χ1n) is 5.84. The van der Waals surface area contributed by atoms with Crippen molar-refractivity contribution >= 4 is 27.5 Å². The van der Waals surface area contributed by atoms with Gasteiger partial charge in [0.15, 0.2) is 0 Å². The lowest BCUT2D eigenvalue weighted by Gasteiger charge is -2.15. The maximum absolute atomic E-state index is 6.28. The molecule has 2 rings (SSSR count). The third kappa shape index (κ3) is 3.36. The molecule has 2 aromatic rings. The largest absolute Gasteiger partial charge is 0.383 e. The molecule has 6 heteroatoms. The van der Waals surface area contributed by atoms with Crippen LogP contribution in [-0.2, 0) is 11.3 Å². The highest BCUT2D eigenvalue weighted by molar-refractivity contribution is 9.10. The molecule has 0 aliphatic carbocycles. The van der Waals surface area contributed by atoms with E-state index in [-0.39, 0.29) is 6.04 Å². The zero-order valence-corrected chi connectivity index (χ0v) is 12.9. The van der Waals surface area contributed by atoms with Crippen molar-refractivity contribution in [1.82, 2.24) is 9.78 Å². The maximum Gasteiger partial charge on any atom is 0.0837 e. The first-order chi connectivity index (χ1) is 9.13. The van der Waals surface area contributed by atoms with Gasteiger partial charge in [-0.15, -0.1) is 0 Å². The Labute approximate surface area is 125 Å². The van der Waals surface area contributed by atoms with Gasteiger partial charge in [0.05, 0.1) is 36.1 Å². The number of aromatic nitrogens is 2. The minimum atomic E-state index is -0.306. The second kappa shape index (κ2) is 6.52. The first kappa shape index (κ1) is 14.5. The molecule has 2 N–H and O–H groups in total. The quantitative estimate of drug-likeness (QED) is 0.907. The first-order valence-corrected chi connectivity index (χ1v) is 7.01. The van der Waals surface area contributed by atoms with E-state index in [1.165, 1.54) is 0 Å². The summed E-state index contributed by atoms with van der Waals surface area (Å²) < 4.78 is 7.87. The fourth-order valence-corrected chi connectivity index (χ4v) is 2.39. The van der Waals surface area contributed by atoms with Crippen LogP contribution in [0.15, 0.2) is 34.9 Å². The van der Waals surface area contributed by atoms with Crippen LogP contribution in [0.1, 0.15) is 17.3 Å². The van der Waals surface area contributed by atoms with Crippen LogP contribution in [0.2, 0.25) is 5.02 Å². The number of methoxy groups -OCH3 is 1. The van der Waals surface area contributed by atoms with Gasteiger partial charge < -0.3 is 10.5 Å². The van der Waals surface area contributed by atoms with Gasteiger partial charge in [0, 0.05) is 11.6 Å². The molecule has 0 bridgehead atoms. The molecule has 0 aliphatic rings. The molecule has 19 heavy (non-hydrogen) atoms. The molecule has 4 nitrogen and oxygen atoms in total. The van der Waals surface area contributed by atoms with E-state index in [1.807, 2.05) is 24.3 Å². The number of nitrogens with zero attached hydrogens (tertiary/aromatic N) is 2. The van der Waals surface area contributed by atoms with Crippen molar-refractivity contribution in [2.45, 2.75) is 12.6 Å². The SMILES string of the molecule is COCCn1ncc(Cl)c1C(N)c1ccc(Br)cc1. The number of ether oxygens (including phenoxy) is 1. The Morgan fingerprint density at radius 3 is 2.74 bits per heavy atom. The molecule has 1 aromatic heterocycles. The van der Waals surface area contributed by atoms with E-state index in [9.17, 15) is 0 Å². The van der Waals surface area contributed by atoms with Crippen LogP contribution in [-0.4, -0.2) is 23.5 Å². The Bertz CT molecular complexity index is 541. The van der Waals surface area contributed by atoms with Crippen LogP contribution >= 0.6 is 27.5 Å². The fraction of sp³-hybridized carbons (Fsp3) is 0.308. The minimum Gasteiger partial charge on any atom is -0.383 e. The molecule has 1 atom stereocenters. The summed E-state index contributed by atoms with van der Waals surface area (Å²) in [5, 5.41) is 4.81. The van der Waals surface area contributed by atoms with Gasteiger partial charge >= 0.3 is 0 Å². The molecule has 102 valence electrons. The van der Waals surface area contributed by atoms with Gasteiger partial charge in [0.25, 0.3) is 0 Å². The van der Waals surface area contributed by atoms with E-state index >= 15 is 0 Å². The lowest BCUT2D eigenvalue weighted by molar-refractivity contribution is 0.182. The van der Waals surface area contributed by atoms with Gasteiger partial charge in [-0.3, -0.25) is 4.68 Å². The number of hydrogen-bond acceptors (Lipinski definition) is 3. The van der Waals surface area contributed by atoms with Crippen molar-refractivity contribution in [2.24, 2.45) is 5.73 Å². The molecule has 1 aromatic carbocycles. The van der Waals surface area contributed by atoms with E-state index in [1.54, 1.807) is 18.0 Å². The smallest absolute Gasteiger partial charge is 0.0837 e. The monoisotopic (exact) mass is 343 g/mol. The van der Waals surface area contributed by atoms with Crippen LogP contribution in [0.25, 0.3) is 0 Å². The molecule has 0 radical (unpaired) electrons. The predicted octanol–water partition coefficient (Wildman–Crippen LogP) is 2.99. The standard InChI is InChI=1S/C13H15BrClN3O/c1-19-7-6-18-13(11(15)8-17-18)12(16)9-2-4-10(14)5-3-9/h2-5,8,12H,6-7,16H2,1H3. The molecule has 1 heterocycles. The fourth-order valence-electron chi connectivity index (χ4n) is 1.87. The summed E-state index contributed by atoms with van der Waals surface area (Å²) in [6.07, 6.45) is 1.62. The van der Waals surface area contributed by atoms with E-state index < -0.39 is 0 Å². The van der Waals surface area contributed by atoms with E-state index in [4.69, 9.17) is 22.1 Å². The summed E-state index contributed by atoms with van der Waals surface area (Å²) in [5.74, 6) is 0. The highest BCUT2D eigenvalue weighted by Crippen LogP contribution is 2.27. The molecule has 0 saturated carbocycles. The molecule has 1 unspecified atom stereocenters. The zero-order chi connectivity index (χ0) is 13.8. The Morgan fingerprint density at radius 1 is 1.42 bits per heavy atom. The topological polar surface area (TPSA) is 53.1 Å². The maximum atomic E-state index is 6.28. The van der Waals surface area contributed by atoms with Gasteiger partial charge in [0.2, 0.25) is 0 Å². The van der Waals surface area contributed by atoms with Crippen molar-refractivity contribution in [1.29, 1.82) is 0 Å². The average Bonchev–Trinajstić information content (AvgIpc) is 2.77. The van der Waals surface area contributed by atoms with Gasteiger partial charge in [0.1, 0.15) is 0 Å².